The molecule has 1 aromatic rings. The largest absolute Gasteiger partial charge is 0.324 e. The van der Waals surface area contributed by atoms with Gasteiger partial charge in [0.25, 0.3) is 0 Å². The Labute approximate surface area is 116 Å². The highest BCUT2D eigenvalue weighted by atomic mass is 35.5. The molecule has 0 bridgehead atoms. The van der Waals surface area contributed by atoms with Gasteiger partial charge in [0.1, 0.15) is 0 Å². The van der Waals surface area contributed by atoms with E-state index in [2.05, 4.69) is 16.0 Å². The number of halogens is 1. The molecule has 6 heteroatoms. The predicted octanol–water partition coefficient (Wildman–Crippen LogP) is 1.85. The van der Waals surface area contributed by atoms with Crippen LogP contribution in [0.5, 0.6) is 0 Å². The number of amides is 2. The smallest absolute Gasteiger partial charge is 0.228 e. The highest BCUT2D eigenvalue weighted by Crippen LogP contribution is 2.26. The minimum Gasteiger partial charge on any atom is -0.324 e. The Balaban J connectivity index is 2.14. The molecule has 0 aromatic heterocycles. The number of hydrogen-bond donors (Lipinski definition) is 3. The van der Waals surface area contributed by atoms with E-state index >= 15 is 0 Å². The maximum Gasteiger partial charge on any atom is 0.228 e. The Morgan fingerprint density at radius 2 is 2.11 bits per heavy atom. The molecule has 5 nitrogen and oxygen atoms in total. The quantitative estimate of drug-likeness (QED) is 0.792. The lowest BCUT2D eigenvalue weighted by molar-refractivity contribution is -0.119. The van der Waals surface area contributed by atoms with Crippen LogP contribution in [0.4, 0.5) is 11.4 Å². The molecule has 19 heavy (non-hydrogen) atoms. The van der Waals surface area contributed by atoms with E-state index in [0.717, 1.165) is 13.0 Å². The number of benzene rings is 1. The summed E-state index contributed by atoms with van der Waals surface area (Å²) in [4.78, 5) is 23.2. The molecule has 1 unspecified atom stereocenters. The molecular weight excluding hydrogens is 266 g/mol. The summed E-state index contributed by atoms with van der Waals surface area (Å²) < 4.78 is 0. The third-order valence-electron chi connectivity index (χ3n) is 2.98. The molecule has 102 valence electrons. The molecule has 1 aromatic carbocycles. The molecule has 0 aliphatic carbocycles. The lowest BCUT2D eigenvalue weighted by Gasteiger charge is -2.14. The zero-order chi connectivity index (χ0) is 13.8. The van der Waals surface area contributed by atoms with E-state index < -0.39 is 0 Å². The molecule has 1 saturated heterocycles. The number of carbonyl (C=O) groups excluding carboxylic acids is 2. The van der Waals surface area contributed by atoms with Crippen molar-refractivity contribution >= 4 is 34.8 Å². The van der Waals surface area contributed by atoms with Crippen molar-refractivity contribution in [3.8, 4) is 0 Å². The van der Waals surface area contributed by atoms with Gasteiger partial charge in [-0.05, 0) is 31.2 Å². The Morgan fingerprint density at radius 1 is 1.32 bits per heavy atom. The Morgan fingerprint density at radius 3 is 2.74 bits per heavy atom. The molecule has 0 saturated carbocycles. The van der Waals surface area contributed by atoms with Gasteiger partial charge in [-0.1, -0.05) is 11.6 Å². The molecule has 0 radical (unpaired) electrons. The van der Waals surface area contributed by atoms with E-state index in [1.807, 2.05) is 0 Å². The maximum atomic E-state index is 12.0. The van der Waals surface area contributed by atoms with E-state index in [1.54, 1.807) is 18.2 Å². The van der Waals surface area contributed by atoms with Gasteiger partial charge < -0.3 is 16.0 Å². The van der Waals surface area contributed by atoms with Crippen molar-refractivity contribution in [2.24, 2.45) is 5.92 Å². The van der Waals surface area contributed by atoms with Crippen molar-refractivity contribution in [1.29, 1.82) is 0 Å². The Hall–Kier alpha value is -1.59. The molecular formula is C13H16ClN3O2. The number of anilines is 2. The van der Waals surface area contributed by atoms with Crippen molar-refractivity contribution in [2.75, 3.05) is 23.7 Å². The molecule has 2 amide bonds. The predicted molar refractivity (Wildman–Crippen MR) is 75.4 cm³/mol. The first-order chi connectivity index (χ1) is 9.06. The summed E-state index contributed by atoms with van der Waals surface area (Å²) in [6.45, 7) is 2.96. The second-order valence-corrected chi connectivity index (χ2v) is 4.99. The van der Waals surface area contributed by atoms with Gasteiger partial charge >= 0.3 is 0 Å². The van der Waals surface area contributed by atoms with Gasteiger partial charge in [0.05, 0.1) is 17.3 Å². The van der Waals surface area contributed by atoms with Crippen LogP contribution in [0.3, 0.4) is 0 Å². The first kappa shape index (κ1) is 13.8. The van der Waals surface area contributed by atoms with Gasteiger partial charge in [-0.2, -0.15) is 0 Å². The summed E-state index contributed by atoms with van der Waals surface area (Å²) in [5.74, 6) is -0.278. The number of nitrogens with one attached hydrogen (secondary N) is 3. The molecule has 0 spiro atoms. The highest BCUT2D eigenvalue weighted by Gasteiger charge is 2.23. The number of rotatable bonds is 3. The van der Waals surface area contributed by atoms with Crippen molar-refractivity contribution in [1.82, 2.24) is 5.32 Å². The van der Waals surface area contributed by atoms with E-state index in [0.29, 0.717) is 22.9 Å². The van der Waals surface area contributed by atoms with Crippen LogP contribution in [0.25, 0.3) is 0 Å². The summed E-state index contributed by atoms with van der Waals surface area (Å²) in [7, 11) is 0. The molecule has 1 fully saturated rings. The summed E-state index contributed by atoms with van der Waals surface area (Å²) >= 11 is 5.89. The summed E-state index contributed by atoms with van der Waals surface area (Å²) in [5.41, 5.74) is 1.08. The lowest BCUT2D eigenvalue weighted by atomic mass is 10.1. The van der Waals surface area contributed by atoms with Gasteiger partial charge in [-0.25, -0.2) is 0 Å². The Kier molecular flexibility index (Phi) is 4.39. The van der Waals surface area contributed by atoms with Gasteiger partial charge in [0.15, 0.2) is 0 Å². The fourth-order valence-electron chi connectivity index (χ4n) is 2.03. The van der Waals surface area contributed by atoms with Crippen molar-refractivity contribution in [2.45, 2.75) is 13.3 Å². The van der Waals surface area contributed by atoms with Gasteiger partial charge in [-0.15, -0.1) is 0 Å². The van der Waals surface area contributed by atoms with E-state index in [-0.39, 0.29) is 17.7 Å². The minimum atomic E-state index is -0.208. The molecule has 3 N–H and O–H groups in total. The maximum absolute atomic E-state index is 12.0. The average molecular weight is 282 g/mol. The summed E-state index contributed by atoms with van der Waals surface area (Å²) in [5, 5.41) is 9.14. The standard InChI is InChI=1S/C13H16ClN3O2/c1-8(18)16-12-6-10(14)2-3-11(12)17-13(19)9-4-5-15-7-9/h2-3,6,9,15H,4-5,7H2,1H3,(H,16,18)(H,17,19). The van der Waals surface area contributed by atoms with E-state index in [4.69, 9.17) is 11.6 Å². The van der Waals surface area contributed by atoms with E-state index in [9.17, 15) is 9.59 Å². The van der Waals surface area contributed by atoms with Crippen LogP contribution in [0.15, 0.2) is 18.2 Å². The average Bonchev–Trinajstić information content (AvgIpc) is 2.85. The fraction of sp³-hybridized carbons (Fsp3) is 0.385. The highest BCUT2D eigenvalue weighted by molar-refractivity contribution is 6.31. The lowest BCUT2D eigenvalue weighted by Crippen LogP contribution is -2.25. The van der Waals surface area contributed by atoms with Gasteiger partial charge in [0.2, 0.25) is 11.8 Å². The van der Waals surface area contributed by atoms with Crippen molar-refractivity contribution in [3.05, 3.63) is 23.2 Å². The molecule has 1 atom stereocenters. The summed E-state index contributed by atoms with van der Waals surface area (Å²) in [6.07, 6.45) is 0.828. The van der Waals surface area contributed by atoms with Crippen LogP contribution in [0.1, 0.15) is 13.3 Å². The normalized spacial score (nSPS) is 18.1. The molecule has 2 rings (SSSR count). The topological polar surface area (TPSA) is 70.2 Å². The molecule has 1 aliphatic rings. The fourth-order valence-corrected chi connectivity index (χ4v) is 2.20. The van der Waals surface area contributed by atoms with Crippen LogP contribution < -0.4 is 16.0 Å². The molecule has 1 heterocycles. The molecule has 1 aliphatic heterocycles. The Bertz CT molecular complexity index is 499. The number of carbonyl (C=O) groups is 2. The third kappa shape index (κ3) is 3.68. The van der Waals surface area contributed by atoms with Crippen LogP contribution >= 0.6 is 11.6 Å². The van der Waals surface area contributed by atoms with Crippen LogP contribution in [0, 0.1) is 5.92 Å². The monoisotopic (exact) mass is 281 g/mol. The van der Waals surface area contributed by atoms with Crippen LogP contribution in [-0.4, -0.2) is 24.9 Å². The van der Waals surface area contributed by atoms with Crippen LogP contribution in [0.2, 0.25) is 5.02 Å². The van der Waals surface area contributed by atoms with Gasteiger partial charge in [-0.3, -0.25) is 9.59 Å². The summed E-state index contributed by atoms with van der Waals surface area (Å²) in [6, 6.07) is 4.98. The third-order valence-corrected chi connectivity index (χ3v) is 3.22. The van der Waals surface area contributed by atoms with E-state index in [1.165, 1.54) is 6.92 Å². The first-order valence-corrected chi connectivity index (χ1v) is 6.53. The second kappa shape index (κ2) is 6.04. The van der Waals surface area contributed by atoms with Crippen molar-refractivity contribution in [3.63, 3.8) is 0 Å². The first-order valence-electron chi connectivity index (χ1n) is 6.15. The minimum absolute atomic E-state index is 0.0270. The van der Waals surface area contributed by atoms with Crippen molar-refractivity contribution < 1.29 is 9.59 Å². The van der Waals surface area contributed by atoms with Crippen LogP contribution in [-0.2, 0) is 9.59 Å². The zero-order valence-electron chi connectivity index (χ0n) is 10.6. The number of hydrogen-bond acceptors (Lipinski definition) is 3. The second-order valence-electron chi connectivity index (χ2n) is 4.55. The SMILES string of the molecule is CC(=O)Nc1cc(Cl)ccc1NC(=O)C1CCNC1. The zero-order valence-corrected chi connectivity index (χ0v) is 11.4. The van der Waals surface area contributed by atoms with Gasteiger partial charge in [0, 0.05) is 18.5 Å².